The highest BCUT2D eigenvalue weighted by Crippen LogP contribution is 2.21. The predicted octanol–water partition coefficient (Wildman–Crippen LogP) is 3.20. The molecule has 2 fully saturated rings. The van der Waals surface area contributed by atoms with Crippen molar-refractivity contribution in [2.45, 2.75) is 45.6 Å². The normalized spacial score (nSPS) is 18.7. The second-order valence-electron chi connectivity index (χ2n) is 6.58. The molecule has 1 saturated carbocycles. The molecule has 0 spiro atoms. The SMILES string of the molecule is C1CC1.COC(=O)C(C)Cc1cccc(OC(C)C2CNC2)c1. The first-order valence-electron chi connectivity index (χ1n) is 8.64. The van der Waals surface area contributed by atoms with Crippen LogP contribution >= 0.6 is 0 Å². The van der Waals surface area contributed by atoms with Crippen LogP contribution in [0.1, 0.15) is 38.7 Å². The Bertz CT molecular complexity index is 494. The van der Waals surface area contributed by atoms with Gasteiger partial charge in [-0.15, -0.1) is 0 Å². The van der Waals surface area contributed by atoms with Gasteiger partial charge in [-0.05, 0) is 31.0 Å². The lowest BCUT2D eigenvalue weighted by Gasteiger charge is -2.32. The molecule has 128 valence electrons. The third kappa shape index (κ3) is 6.22. The summed E-state index contributed by atoms with van der Waals surface area (Å²) in [7, 11) is 1.42. The second kappa shape index (κ2) is 8.92. The first-order valence-corrected chi connectivity index (χ1v) is 8.64. The Labute approximate surface area is 139 Å². The predicted molar refractivity (Wildman–Crippen MR) is 91.6 cm³/mol. The largest absolute Gasteiger partial charge is 0.490 e. The van der Waals surface area contributed by atoms with Crippen molar-refractivity contribution in [2.75, 3.05) is 20.2 Å². The van der Waals surface area contributed by atoms with Gasteiger partial charge >= 0.3 is 5.97 Å². The Morgan fingerprint density at radius 1 is 1.26 bits per heavy atom. The molecular weight excluding hydrogens is 290 g/mol. The summed E-state index contributed by atoms with van der Waals surface area (Å²) in [5.74, 6) is 1.15. The quantitative estimate of drug-likeness (QED) is 0.818. The fraction of sp³-hybridized carbons (Fsp3) is 0.632. The average molecular weight is 319 g/mol. The number of rotatable bonds is 6. The van der Waals surface area contributed by atoms with Crippen LogP contribution in [0.5, 0.6) is 5.75 Å². The lowest BCUT2D eigenvalue weighted by molar-refractivity contribution is -0.144. The van der Waals surface area contributed by atoms with Crippen molar-refractivity contribution in [3.63, 3.8) is 0 Å². The van der Waals surface area contributed by atoms with E-state index < -0.39 is 0 Å². The van der Waals surface area contributed by atoms with E-state index in [4.69, 9.17) is 9.47 Å². The number of esters is 1. The van der Waals surface area contributed by atoms with E-state index >= 15 is 0 Å². The number of carbonyl (C=O) groups excluding carboxylic acids is 1. The van der Waals surface area contributed by atoms with Gasteiger partial charge in [0.05, 0.1) is 13.0 Å². The van der Waals surface area contributed by atoms with Crippen LogP contribution < -0.4 is 10.1 Å². The van der Waals surface area contributed by atoms with Gasteiger partial charge in [0.25, 0.3) is 0 Å². The smallest absolute Gasteiger partial charge is 0.308 e. The number of benzene rings is 1. The summed E-state index contributed by atoms with van der Waals surface area (Å²) in [5, 5.41) is 3.25. The number of nitrogens with one attached hydrogen (secondary N) is 1. The molecule has 0 amide bonds. The summed E-state index contributed by atoms with van der Waals surface area (Å²) in [6, 6.07) is 7.97. The molecule has 4 nitrogen and oxygen atoms in total. The number of hydrogen-bond donors (Lipinski definition) is 1. The minimum atomic E-state index is -0.176. The minimum Gasteiger partial charge on any atom is -0.490 e. The third-order valence-electron chi connectivity index (χ3n) is 4.20. The van der Waals surface area contributed by atoms with Gasteiger partial charge in [-0.1, -0.05) is 38.3 Å². The maximum atomic E-state index is 11.5. The molecule has 0 radical (unpaired) electrons. The number of methoxy groups -OCH3 is 1. The second-order valence-corrected chi connectivity index (χ2v) is 6.58. The summed E-state index contributed by atoms with van der Waals surface area (Å²) in [6.07, 6.45) is 5.38. The number of carbonyl (C=O) groups is 1. The number of ether oxygens (including phenoxy) is 2. The highest BCUT2D eigenvalue weighted by molar-refractivity contribution is 5.72. The molecule has 1 N–H and O–H groups in total. The maximum Gasteiger partial charge on any atom is 0.308 e. The molecule has 1 aliphatic carbocycles. The molecule has 1 aromatic rings. The molecule has 2 aliphatic rings. The Morgan fingerprint density at radius 3 is 2.48 bits per heavy atom. The van der Waals surface area contributed by atoms with Crippen LogP contribution in [0.25, 0.3) is 0 Å². The van der Waals surface area contributed by atoms with E-state index in [-0.39, 0.29) is 18.0 Å². The summed E-state index contributed by atoms with van der Waals surface area (Å²) in [5.41, 5.74) is 1.10. The third-order valence-corrected chi connectivity index (χ3v) is 4.20. The van der Waals surface area contributed by atoms with E-state index in [1.165, 1.54) is 26.4 Å². The van der Waals surface area contributed by atoms with Crippen molar-refractivity contribution in [1.29, 1.82) is 0 Å². The van der Waals surface area contributed by atoms with E-state index in [0.29, 0.717) is 12.3 Å². The van der Waals surface area contributed by atoms with Crippen molar-refractivity contribution >= 4 is 5.97 Å². The van der Waals surface area contributed by atoms with E-state index in [2.05, 4.69) is 12.2 Å². The summed E-state index contributed by atoms with van der Waals surface area (Å²) in [4.78, 5) is 11.5. The van der Waals surface area contributed by atoms with Crippen molar-refractivity contribution in [2.24, 2.45) is 11.8 Å². The van der Waals surface area contributed by atoms with Crippen LogP contribution in [0.4, 0.5) is 0 Å². The first-order chi connectivity index (χ1) is 11.1. The molecule has 1 aromatic carbocycles. The van der Waals surface area contributed by atoms with E-state index in [0.717, 1.165) is 24.4 Å². The number of hydrogen-bond acceptors (Lipinski definition) is 4. The lowest BCUT2D eigenvalue weighted by atomic mass is 9.97. The Kier molecular flexibility index (Phi) is 6.90. The van der Waals surface area contributed by atoms with Crippen molar-refractivity contribution in [3.05, 3.63) is 29.8 Å². The molecule has 2 unspecified atom stereocenters. The van der Waals surface area contributed by atoms with Gasteiger partial charge in [0.1, 0.15) is 11.9 Å². The zero-order valence-corrected chi connectivity index (χ0v) is 14.5. The van der Waals surface area contributed by atoms with Crippen LogP contribution in [0.3, 0.4) is 0 Å². The van der Waals surface area contributed by atoms with Crippen molar-refractivity contribution in [1.82, 2.24) is 5.32 Å². The lowest BCUT2D eigenvalue weighted by Crippen LogP contribution is -2.49. The van der Waals surface area contributed by atoms with Crippen molar-refractivity contribution in [3.8, 4) is 5.75 Å². The van der Waals surface area contributed by atoms with Gasteiger partial charge in [-0.2, -0.15) is 0 Å². The molecule has 1 heterocycles. The molecule has 3 rings (SSSR count). The van der Waals surface area contributed by atoms with E-state index in [1.54, 1.807) is 0 Å². The van der Waals surface area contributed by atoms with E-state index in [9.17, 15) is 4.79 Å². The molecule has 1 saturated heterocycles. The van der Waals surface area contributed by atoms with Gasteiger partial charge < -0.3 is 14.8 Å². The fourth-order valence-electron chi connectivity index (χ4n) is 2.34. The molecular formula is C19H29NO3. The van der Waals surface area contributed by atoms with Gasteiger partial charge in [0.15, 0.2) is 0 Å². The summed E-state index contributed by atoms with van der Waals surface area (Å²) >= 11 is 0. The van der Waals surface area contributed by atoms with Crippen LogP contribution in [-0.4, -0.2) is 32.3 Å². The molecule has 2 atom stereocenters. The highest BCUT2D eigenvalue weighted by Gasteiger charge is 2.25. The fourth-order valence-corrected chi connectivity index (χ4v) is 2.34. The molecule has 23 heavy (non-hydrogen) atoms. The molecule has 4 heteroatoms. The van der Waals surface area contributed by atoms with Crippen LogP contribution in [0.15, 0.2) is 24.3 Å². The summed E-state index contributed by atoms with van der Waals surface area (Å²) in [6.45, 7) is 6.04. The topological polar surface area (TPSA) is 47.6 Å². The van der Waals surface area contributed by atoms with E-state index in [1.807, 2.05) is 31.2 Å². The molecule has 0 bridgehead atoms. The Morgan fingerprint density at radius 2 is 1.96 bits per heavy atom. The highest BCUT2D eigenvalue weighted by atomic mass is 16.5. The average Bonchev–Trinajstić information content (AvgIpc) is 3.33. The monoisotopic (exact) mass is 319 g/mol. The van der Waals surface area contributed by atoms with Crippen LogP contribution in [-0.2, 0) is 16.0 Å². The standard InChI is InChI=1S/C16H23NO3.C3H6/c1-11(16(18)19-3)7-13-5-4-6-15(8-13)20-12(2)14-9-17-10-14;1-2-3-1/h4-6,8,11-12,14,17H,7,9-10H2,1-3H3;1-3H2. The van der Waals surface area contributed by atoms with Gasteiger partial charge in [0, 0.05) is 19.0 Å². The molecule has 1 aliphatic heterocycles. The minimum absolute atomic E-state index is 0.136. The van der Waals surface area contributed by atoms with Gasteiger partial charge in [-0.3, -0.25) is 4.79 Å². The van der Waals surface area contributed by atoms with Crippen LogP contribution in [0, 0.1) is 11.8 Å². The van der Waals surface area contributed by atoms with Gasteiger partial charge in [0.2, 0.25) is 0 Å². The molecule has 0 aromatic heterocycles. The summed E-state index contributed by atoms with van der Waals surface area (Å²) < 4.78 is 10.7. The first kappa shape index (κ1) is 17.8. The van der Waals surface area contributed by atoms with Crippen molar-refractivity contribution < 1.29 is 14.3 Å². The van der Waals surface area contributed by atoms with Gasteiger partial charge in [-0.25, -0.2) is 0 Å². The van der Waals surface area contributed by atoms with Crippen LogP contribution in [0.2, 0.25) is 0 Å². The Balaban J connectivity index is 0.000000572. The Hall–Kier alpha value is -1.55. The zero-order valence-electron chi connectivity index (χ0n) is 14.5. The maximum absolute atomic E-state index is 11.5. The zero-order chi connectivity index (χ0) is 16.7.